The summed E-state index contributed by atoms with van der Waals surface area (Å²) in [6.07, 6.45) is 7.56. The van der Waals surface area contributed by atoms with Crippen LogP contribution in [0.15, 0.2) is 48.7 Å². The Balaban J connectivity index is 1.54. The van der Waals surface area contributed by atoms with E-state index in [1.807, 2.05) is 18.2 Å². The van der Waals surface area contributed by atoms with Crippen LogP contribution in [-0.2, 0) is 21.5 Å². The van der Waals surface area contributed by atoms with Crippen LogP contribution in [0.5, 0.6) is 0 Å². The van der Waals surface area contributed by atoms with Crippen LogP contribution in [0.2, 0.25) is 0 Å². The maximum Gasteiger partial charge on any atom is 0.230 e. The van der Waals surface area contributed by atoms with Crippen molar-refractivity contribution in [2.45, 2.75) is 56.9 Å². The molecule has 0 spiro atoms. The summed E-state index contributed by atoms with van der Waals surface area (Å²) in [4.78, 5) is 31.5. The van der Waals surface area contributed by atoms with Gasteiger partial charge in [-0.3, -0.25) is 14.6 Å². The molecule has 2 aliphatic rings. The highest BCUT2D eigenvalue weighted by Gasteiger charge is 2.37. The zero-order chi connectivity index (χ0) is 20.3. The molecular weight excluding hydrogens is 362 g/mol. The first kappa shape index (κ1) is 19.6. The van der Waals surface area contributed by atoms with Crippen LogP contribution in [0.4, 0.5) is 0 Å². The van der Waals surface area contributed by atoms with Crippen LogP contribution in [0.1, 0.15) is 61.8 Å². The zero-order valence-electron chi connectivity index (χ0n) is 17.1. The van der Waals surface area contributed by atoms with Crippen molar-refractivity contribution in [3.63, 3.8) is 0 Å². The second-order valence-corrected chi connectivity index (χ2v) is 8.42. The van der Waals surface area contributed by atoms with Crippen LogP contribution in [0.3, 0.4) is 0 Å². The predicted octanol–water partition coefficient (Wildman–Crippen LogP) is 3.55. The van der Waals surface area contributed by atoms with E-state index in [0.717, 1.165) is 24.1 Å². The Morgan fingerprint density at radius 2 is 1.86 bits per heavy atom. The maximum absolute atomic E-state index is 13.3. The Morgan fingerprint density at radius 3 is 2.59 bits per heavy atom. The van der Waals surface area contributed by atoms with Crippen molar-refractivity contribution in [3.8, 4) is 0 Å². The minimum atomic E-state index is -0.416. The van der Waals surface area contributed by atoms with Crippen molar-refractivity contribution in [1.29, 1.82) is 0 Å². The molecular formula is C24H29N3O2. The summed E-state index contributed by atoms with van der Waals surface area (Å²) in [5, 5.41) is 3.24. The van der Waals surface area contributed by atoms with E-state index in [4.69, 9.17) is 0 Å². The molecule has 1 unspecified atom stereocenters. The van der Waals surface area contributed by atoms with Crippen molar-refractivity contribution in [3.05, 3.63) is 65.5 Å². The molecule has 1 aliphatic carbocycles. The molecule has 2 aromatic rings. The highest BCUT2D eigenvalue weighted by Crippen LogP contribution is 2.39. The third kappa shape index (κ3) is 4.04. The molecule has 1 aliphatic heterocycles. The lowest BCUT2D eigenvalue weighted by molar-refractivity contribution is -0.131. The summed E-state index contributed by atoms with van der Waals surface area (Å²) >= 11 is 0. The minimum absolute atomic E-state index is 0.00293. The second-order valence-electron chi connectivity index (χ2n) is 8.42. The van der Waals surface area contributed by atoms with Crippen molar-refractivity contribution >= 4 is 11.8 Å². The molecule has 2 heterocycles. The molecule has 0 saturated heterocycles. The normalized spacial score (nSPS) is 20.6. The largest absolute Gasteiger partial charge is 0.355 e. The van der Waals surface area contributed by atoms with Crippen molar-refractivity contribution < 1.29 is 9.59 Å². The molecule has 1 atom stereocenters. The summed E-state index contributed by atoms with van der Waals surface area (Å²) in [5.41, 5.74) is 3.08. The third-order valence-corrected chi connectivity index (χ3v) is 6.58. The van der Waals surface area contributed by atoms with Crippen molar-refractivity contribution in [2.24, 2.45) is 0 Å². The molecule has 1 saturated carbocycles. The molecule has 0 radical (unpaired) electrons. The van der Waals surface area contributed by atoms with Gasteiger partial charge in [0.1, 0.15) is 0 Å². The topological polar surface area (TPSA) is 62.3 Å². The Kier molecular flexibility index (Phi) is 5.65. The minimum Gasteiger partial charge on any atom is -0.355 e. The lowest BCUT2D eigenvalue weighted by Crippen LogP contribution is -2.47. The molecule has 1 aromatic heterocycles. The van der Waals surface area contributed by atoms with E-state index >= 15 is 0 Å². The molecule has 4 rings (SSSR count). The van der Waals surface area contributed by atoms with Gasteiger partial charge in [0.05, 0.1) is 11.6 Å². The Morgan fingerprint density at radius 1 is 1.10 bits per heavy atom. The van der Waals surface area contributed by atoms with Gasteiger partial charge in [-0.2, -0.15) is 0 Å². The Bertz CT molecular complexity index is 875. The number of carbonyl (C=O) groups is 2. The van der Waals surface area contributed by atoms with E-state index in [9.17, 15) is 9.59 Å². The van der Waals surface area contributed by atoms with E-state index < -0.39 is 5.92 Å². The highest BCUT2D eigenvalue weighted by atomic mass is 16.2. The van der Waals surface area contributed by atoms with Crippen LogP contribution in [0.25, 0.3) is 0 Å². The Hall–Kier alpha value is -2.69. The van der Waals surface area contributed by atoms with Gasteiger partial charge in [-0.1, -0.05) is 55.7 Å². The van der Waals surface area contributed by atoms with Gasteiger partial charge in [0.15, 0.2) is 0 Å². The van der Waals surface area contributed by atoms with E-state index in [-0.39, 0.29) is 17.2 Å². The first-order chi connectivity index (χ1) is 14.1. The zero-order valence-corrected chi connectivity index (χ0v) is 17.1. The van der Waals surface area contributed by atoms with Crippen LogP contribution >= 0.6 is 0 Å². The number of rotatable bonds is 4. The average Bonchev–Trinajstić information content (AvgIpc) is 2.78. The number of hydrogen-bond donors (Lipinski definition) is 1. The summed E-state index contributed by atoms with van der Waals surface area (Å²) in [6.45, 7) is 3.11. The fourth-order valence-electron chi connectivity index (χ4n) is 4.89. The average molecular weight is 392 g/mol. The lowest BCUT2D eigenvalue weighted by Gasteiger charge is -2.39. The van der Waals surface area contributed by atoms with Gasteiger partial charge in [-0.15, -0.1) is 0 Å². The summed E-state index contributed by atoms with van der Waals surface area (Å²) < 4.78 is 0. The first-order valence-electron chi connectivity index (χ1n) is 10.6. The lowest BCUT2D eigenvalue weighted by atomic mass is 9.69. The van der Waals surface area contributed by atoms with E-state index in [2.05, 4.69) is 34.6 Å². The quantitative estimate of drug-likeness (QED) is 0.867. The van der Waals surface area contributed by atoms with Crippen LogP contribution in [-0.4, -0.2) is 34.8 Å². The highest BCUT2D eigenvalue weighted by molar-refractivity contribution is 5.85. The maximum atomic E-state index is 13.3. The Labute approximate surface area is 172 Å². The smallest absolute Gasteiger partial charge is 0.230 e. The van der Waals surface area contributed by atoms with Gasteiger partial charge in [0.25, 0.3) is 0 Å². The SMILES string of the molecule is CC(=O)N1Cc2cccnc2C(C(=O)NCC2(c3ccccc3)CCCCC2)C1. The standard InChI is InChI=1S/C24H29N3O2/c1-18(28)27-15-19-9-8-14-25-22(19)21(16-27)23(29)26-17-24(12-6-3-7-13-24)20-10-4-2-5-11-20/h2,4-5,8-11,14,21H,3,6-7,12-13,15-17H2,1H3,(H,26,29). The molecule has 1 N–H and O–H groups in total. The van der Waals surface area contributed by atoms with E-state index in [1.165, 1.54) is 24.8 Å². The van der Waals surface area contributed by atoms with E-state index in [0.29, 0.717) is 19.6 Å². The van der Waals surface area contributed by atoms with Gasteiger partial charge >= 0.3 is 0 Å². The van der Waals surface area contributed by atoms with Crippen LogP contribution < -0.4 is 5.32 Å². The van der Waals surface area contributed by atoms with Crippen LogP contribution in [0, 0.1) is 0 Å². The summed E-state index contributed by atoms with van der Waals surface area (Å²) in [5.74, 6) is -0.456. The fourth-order valence-corrected chi connectivity index (χ4v) is 4.89. The summed E-state index contributed by atoms with van der Waals surface area (Å²) in [7, 11) is 0. The van der Waals surface area contributed by atoms with Gasteiger partial charge in [-0.25, -0.2) is 0 Å². The fraction of sp³-hybridized carbons (Fsp3) is 0.458. The molecule has 5 nitrogen and oxygen atoms in total. The number of benzene rings is 1. The number of nitrogens with zero attached hydrogens (tertiary/aromatic N) is 2. The van der Waals surface area contributed by atoms with Gasteiger partial charge < -0.3 is 10.2 Å². The van der Waals surface area contributed by atoms with E-state index in [1.54, 1.807) is 18.0 Å². The molecule has 0 bridgehead atoms. The number of fused-ring (bicyclic) bond motifs is 1. The monoisotopic (exact) mass is 391 g/mol. The number of pyridine rings is 1. The van der Waals surface area contributed by atoms with Crippen molar-refractivity contribution in [1.82, 2.24) is 15.2 Å². The number of aromatic nitrogens is 1. The number of hydrogen-bond acceptors (Lipinski definition) is 3. The molecule has 152 valence electrons. The van der Waals surface area contributed by atoms with Crippen molar-refractivity contribution in [2.75, 3.05) is 13.1 Å². The number of nitrogens with one attached hydrogen (secondary N) is 1. The molecule has 1 aromatic carbocycles. The third-order valence-electron chi connectivity index (χ3n) is 6.58. The van der Waals surface area contributed by atoms with Gasteiger partial charge in [-0.05, 0) is 30.0 Å². The van der Waals surface area contributed by atoms with Gasteiger partial charge in [0.2, 0.25) is 11.8 Å². The second kappa shape index (κ2) is 8.36. The van der Waals surface area contributed by atoms with Gasteiger partial charge in [0, 0.05) is 38.2 Å². The number of carbonyl (C=O) groups excluding carboxylic acids is 2. The molecule has 5 heteroatoms. The molecule has 2 amide bonds. The molecule has 29 heavy (non-hydrogen) atoms. The first-order valence-corrected chi connectivity index (χ1v) is 10.6. The number of amides is 2. The predicted molar refractivity (Wildman–Crippen MR) is 112 cm³/mol. The molecule has 1 fully saturated rings. The summed E-state index contributed by atoms with van der Waals surface area (Å²) in [6, 6.07) is 14.4.